The first kappa shape index (κ1) is 14.3. The van der Waals surface area contributed by atoms with Crippen LogP contribution in [0.25, 0.3) is 10.9 Å². The van der Waals surface area contributed by atoms with Gasteiger partial charge in [-0.05, 0) is 31.0 Å². The fraction of sp³-hybridized carbons (Fsp3) is 0.400. The number of carbonyl (C=O) groups is 1. The van der Waals surface area contributed by atoms with E-state index in [0.717, 1.165) is 23.7 Å². The van der Waals surface area contributed by atoms with Crippen LogP contribution >= 0.6 is 15.9 Å². The van der Waals surface area contributed by atoms with Crippen LogP contribution in [0.4, 0.5) is 0 Å². The highest BCUT2D eigenvalue weighted by Gasteiger charge is 2.35. The van der Waals surface area contributed by atoms with Gasteiger partial charge in [0, 0.05) is 4.47 Å². The Morgan fingerprint density at radius 3 is 3.00 bits per heavy atom. The van der Waals surface area contributed by atoms with Crippen LogP contribution in [0.15, 0.2) is 33.8 Å². The SMILES string of the molecule is COC(=O)C1CCCC1n1cnc2ccc(Br)cc2c1=O. The first-order chi connectivity index (χ1) is 10.1. The van der Waals surface area contributed by atoms with E-state index in [4.69, 9.17) is 4.74 Å². The summed E-state index contributed by atoms with van der Waals surface area (Å²) in [6, 6.07) is 5.26. The van der Waals surface area contributed by atoms with Crippen LogP contribution in [0.1, 0.15) is 25.3 Å². The van der Waals surface area contributed by atoms with Crippen LogP contribution in [-0.2, 0) is 9.53 Å². The van der Waals surface area contributed by atoms with Gasteiger partial charge in [0.25, 0.3) is 5.56 Å². The Hall–Kier alpha value is -1.69. The van der Waals surface area contributed by atoms with Crippen LogP contribution in [0.3, 0.4) is 0 Å². The number of hydrogen-bond acceptors (Lipinski definition) is 4. The number of rotatable bonds is 2. The Kier molecular flexibility index (Phi) is 3.80. The third-order valence-electron chi connectivity index (χ3n) is 4.09. The van der Waals surface area contributed by atoms with Gasteiger partial charge in [-0.3, -0.25) is 14.2 Å². The molecule has 0 saturated heterocycles. The smallest absolute Gasteiger partial charge is 0.310 e. The Morgan fingerprint density at radius 1 is 1.43 bits per heavy atom. The minimum Gasteiger partial charge on any atom is -0.469 e. The summed E-state index contributed by atoms with van der Waals surface area (Å²) in [5.74, 6) is -0.516. The van der Waals surface area contributed by atoms with Crippen molar-refractivity contribution in [2.75, 3.05) is 7.11 Å². The number of methoxy groups -OCH3 is 1. The van der Waals surface area contributed by atoms with Gasteiger partial charge in [-0.1, -0.05) is 22.4 Å². The van der Waals surface area contributed by atoms with E-state index in [1.165, 1.54) is 7.11 Å². The molecule has 21 heavy (non-hydrogen) atoms. The lowest BCUT2D eigenvalue weighted by Crippen LogP contribution is -2.31. The second-order valence-electron chi connectivity index (χ2n) is 5.25. The fourth-order valence-electron chi connectivity index (χ4n) is 3.04. The standard InChI is InChI=1S/C15H15BrN2O3/c1-21-15(20)10-3-2-4-13(10)18-8-17-12-6-5-9(16)7-11(12)14(18)19/h5-8,10,13H,2-4H2,1H3. The van der Waals surface area contributed by atoms with Gasteiger partial charge in [0.2, 0.25) is 0 Å². The molecule has 0 amide bonds. The molecular formula is C15H15BrN2O3. The van der Waals surface area contributed by atoms with Crippen molar-refractivity contribution in [1.82, 2.24) is 9.55 Å². The molecule has 1 aliphatic rings. The summed E-state index contributed by atoms with van der Waals surface area (Å²) in [7, 11) is 1.39. The molecule has 5 nitrogen and oxygen atoms in total. The maximum absolute atomic E-state index is 12.7. The maximum Gasteiger partial charge on any atom is 0.310 e. The molecule has 1 heterocycles. The van der Waals surface area contributed by atoms with E-state index in [9.17, 15) is 9.59 Å². The number of aromatic nitrogens is 2. The summed E-state index contributed by atoms with van der Waals surface area (Å²) in [5, 5.41) is 0.558. The van der Waals surface area contributed by atoms with E-state index in [-0.39, 0.29) is 23.5 Å². The Morgan fingerprint density at radius 2 is 2.24 bits per heavy atom. The minimum absolute atomic E-state index is 0.109. The fourth-order valence-corrected chi connectivity index (χ4v) is 3.41. The molecule has 0 aliphatic heterocycles. The average molecular weight is 351 g/mol. The predicted molar refractivity (Wildman–Crippen MR) is 82.1 cm³/mol. The summed E-state index contributed by atoms with van der Waals surface area (Å²) in [6.45, 7) is 0. The third-order valence-corrected chi connectivity index (χ3v) is 4.58. The highest BCUT2D eigenvalue weighted by atomic mass is 79.9. The molecule has 1 aromatic carbocycles. The molecule has 1 aliphatic carbocycles. The van der Waals surface area contributed by atoms with Gasteiger partial charge in [0.15, 0.2) is 0 Å². The maximum atomic E-state index is 12.7. The average Bonchev–Trinajstić information content (AvgIpc) is 2.96. The topological polar surface area (TPSA) is 61.2 Å². The second kappa shape index (κ2) is 5.60. The number of benzene rings is 1. The number of hydrogen-bond donors (Lipinski definition) is 0. The number of fused-ring (bicyclic) bond motifs is 1. The lowest BCUT2D eigenvalue weighted by atomic mass is 10.0. The van der Waals surface area contributed by atoms with Gasteiger partial charge in [0.05, 0.1) is 36.3 Å². The molecule has 1 fully saturated rings. The first-order valence-electron chi connectivity index (χ1n) is 6.86. The Balaban J connectivity index is 2.10. The molecule has 0 radical (unpaired) electrons. The van der Waals surface area contributed by atoms with E-state index < -0.39 is 0 Å². The first-order valence-corrected chi connectivity index (χ1v) is 7.65. The molecule has 0 bridgehead atoms. The van der Waals surface area contributed by atoms with E-state index >= 15 is 0 Å². The van der Waals surface area contributed by atoms with E-state index in [1.807, 2.05) is 6.07 Å². The Bertz CT molecular complexity index is 756. The quantitative estimate of drug-likeness (QED) is 0.781. The summed E-state index contributed by atoms with van der Waals surface area (Å²) in [4.78, 5) is 28.9. The van der Waals surface area contributed by atoms with Crippen LogP contribution in [0.2, 0.25) is 0 Å². The zero-order valence-electron chi connectivity index (χ0n) is 11.6. The second-order valence-corrected chi connectivity index (χ2v) is 6.16. The molecule has 2 unspecified atom stereocenters. The molecule has 1 aromatic heterocycles. The molecular weight excluding hydrogens is 336 g/mol. The highest BCUT2D eigenvalue weighted by molar-refractivity contribution is 9.10. The zero-order valence-corrected chi connectivity index (χ0v) is 13.2. The van der Waals surface area contributed by atoms with Crippen molar-refractivity contribution in [2.45, 2.75) is 25.3 Å². The molecule has 6 heteroatoms. The summed E-state index contributed by atoms with van der Waals surface area (Å²) in [6.07, 6.45) is 4.00. The van der Waals surface area contributed by atoms with E-state index in [2.05, 4.69) is 20.9 Å². The lowest BCUT2D eigenvalue weighted by molar-refractivity contribution is -0.146. The summed E-state index contributed by atoms with van der Waals surface area (Å²) >= 11 is 3.37. The van der Waals surface area contributed by atoms with Gasteiger partial charge in [0.1, 0.15) is 0 Å². The Labute approximate surface area is 130 Å². The molecule has 1 saturated carbocycles. The molecule has 2 atom stereocenters. The number of esters is 1. The van der Waals surface area contributed by atoms with E-state index in [1.54, 1.807) is 23.0 Å². The third kappa shape index (κ3) is 2.48. The van der Waals surface area contributed by atoms with Crippen molar-refractivity contribution in [1.29, 1.82) is 0 Å². The van der Waals surface area contributed by atoms with E-state index in [0.29, 0.717) is 10.9 Å². The van der Waals surface area contributed by atoms with Crippen molar-refractivity contribution in [3.8, 4) is 0 Å². The number of nitrogens with zero attached hydrogens (tertiary/aromatic N) is 2. The number of carbonyl (C=O) groups excluding carboxylic acids is 1. The molecule has 0 N–H and O–H groups in total. The van der Waals surface area contributed by atoms with Gasteiger partial charge in [-0.15, -0.1) is 0 Å². The largest absolute Gasteiger partial charge is 0.469 e. The monoisotopic (exact) mass is 350 g/mol. The normalized spacial score (nSPS) is 21.6. The zero-order chi connectivity index (χ0) is 15.0. The van der Waals surface area contributed by atoms with Gasteiger partial charge < -0.3 is 4.74 Å². The van der Waals surface area contributed by atoms with Crippen LogP contribution in [0, 0.1) is 5.92 Å². The van der Waals surface area contributed by atoms with Crippen molar-refractivity contribution in [3.05, 3.63) is 39.4 Å². The highest BCUT2D eigenvalue weighted by Crippen LogP contribution is 2.35. The van der Waals surface area contributed by atoms with Crippen molar-refractivity contribution in [2.24, 2.45) is 5.92 Å². The molecule has 2 aromatic rings. The van der Waals surface area contributed by atoms with Crippen LogP contribution in [0.5, 0.6) is 0 Å². The van der Waals surface area contributed by atoms with Crippen molar-refractivity contribution in [3.63, 3.8) is 0 Å². The van der Waals surface area contributed by atoms with Gasteiger partial charge in [-0.25, -0.2) is 4.98 Å². The van der Waals surface area contributed by atoms with Crippen molar-refractivity contribution >= 4 is 32.8 Å². The van der Waals surface area contributed by atoms with Gasteiger partial charge >= 0.3 is 5.97 Å². The molecule has 0 spiro atoms. The minimum atomic E-state index is -0.265. The molecule has 110 valence electrons. The van der Waals surface area contributed by atoms with Gasteiger partial charge in [-0.2, -0.15) is 0 Å². The summed E-state index contributed by atoms with van der Waals surface area (Å²) < 4.78 is 7.27. The van der Waals surface area contributed by atoms with Crippen LogP contribution < -0.4 is 5.56 Å². The molecule has 3 rings (SSSR count). The predicted octanol–water partition coefficient (Wildman–Crippen LogP) is 2.67. The summed E-state index contributed by atoms with van der Waals surface area (Å²) in [5.41, 5.74) is 0.550. The van der Waals surface area contributed by atoms with Crippen molar-refractivity contribution < 1.29 is 9.53 Å². The number of halogens is 1. The number of ether oxygens (including phenoxy) is 1. The van der Waals surface area contributed by atoms with Crippen LogP contribution in [-0.4, -0.2) is 22.6 Å². The lowest BCUT2D eigenvalue weighted by Gasteiger charge is -2.20.